The number of hydrogen-bond acceptors (Lipinski definition) is 4. The molecule has 2 heterocycles. The number of nitrogens with one attached hydrogen (secondary N) is 1. The topological polar surface area (TPSA) is 55.8 Å². The lowest BCUT2D eigenvalue weighted by Gasteiger charge is -2.42. The number of piperazine rings is 1. The third-order valence-corrected chi connectivity index (χ3v) is 3.71. The Morgan fingerprint density at radius 2 is 2.11 bits per heavy atom. The maximum Gasteiger partial charge on any atom is 0.228 e. The van der Waals surface area contributed by atoms with E-state index in [1.807, 2.05) is 11.8 Å². The quantitative estimate of drug-likeness (QED) is 0.733. The third kappa shape index (κ3) is 3.57. The Kier molecular flexibility index (Phi) is 5.85. The first kappa shape index (κ1) is 15.7. The van der Waals surface area contributed by atoms with Crippen LogP contribution >= 0.6 is 12.4 Å². The summed E-state index contributed by atoms with van der Waals surface area (Å²) in [7, 11) is 0. The summed E-state index contributed by atoms with van der Waals surface area (Å²) >= 11 is 0. The molecule has 106 valence electrons. The molecule has 2 fully saturated rings. The highest BCUT2D eigenvalue weighted by molar-refractivity contribution is 5.85. The zero-order valence-corrected chi connectivity index (χ0v) is 11.9. The van der Waals surface area contributed by atoms with Gasteiger partial charge < -0.3 is 15.3 Å². The Morgan fingerprint density at radius 3 is 2.56 bits per heavy atom. The second-order valence-corrected chi connectivity index (χ2v) is 5.33. The fourth-order valence-electron chi connectivity index (χ4n) is 2.53. The van der Waals surface area contributed by atoms with Gasteiger partial charge in [0.25, 0.3) is 0 Å². The van der Waals surface area contributed by atoms with Gasteiger partial charge in [-0.1, -0.05) is 0 Å². The molecule has 2 aliphatic heterocycles. The van der Waals surface area contributed by atoms with E-state index < -0.39 is 0 Å². The van der Waals surface area contributed by atoms with E-state index in [1.165, 1.54) is 0 Å². The van der Waals surface area contributed by atoms with E-state index >= 15 is 0 Å². The van der Waals surface area contributed by atoms with Gasteiger partial charge in [0.15, 0.2) is 0 Å². The lowest BCUT2D eigenvalue weighted by Crippen LogP contribution is -2.59. The predicted octanol–water partition coefficient (Wildman–Crippen LogP) is -0.459. The highest BCUT2D eigenvalue weighted by atomic mass is 35.5. The molecule has 1 amide bonds. The molecule has 5 nitrogen and oxygen atoms in total. The fourth-order valence-corrected chi connectivity index (χ4v) is 2.53. The molecule has 0 bridgehead atoms. The molecule has 0 radical (unpaired) electrons. The number of carbonyl (C=O) groups is 1. The smallest absolute Gasteiger partial charge is 0.228 e. The van der Waals surface area contributed by atoms with Gasteiger partial charge in [-0.2, -0.15) is 0 Å². The zero-order valence-electron chi connectivity index (χ0n) is 11.1. The minimum atomic E-state index is -0.296. The predicted molar refractivity (Wildman–Crippen MR) is 72.9 cm³/mol. The van der Waals surface area contributed by atoms with Gasteiger partial charge in [-0.15, -0.1) is 12.4 Å². The molecule has 2 N–H and O–H groups in total. The summed E-state index contributed by atoms with van der Waals surface area (Å²) in [5.74, 6) is 0.498. The minimum Gasteiger partial charge on any atom is -0.392 e. The zero-order chi connectivity index (χ0) is 12.4. The molecule has 0 aromatic carbocycles. The number of aliphatic hydroxyl groups is 1. The van der Waals surface area contributed by atoms with Crippen LogP contribution in [-0.4, -0.2) is 72.2 Å². The monoisotopic (exact) mass is 277 g/mol. The van der Waals surface area contributed by atoms with Crippen LogP contribution < -0.4 is 5.32 Å². The van der Waals surface area contributed by atoms with Crippen molar-refractivity contribution in [2.45, 2.75) is 26.0 Å². The van der Waals surface area contributed by atoms with Crippen molar-refractivity contribution in [2.75, 3.05) is 39.3 Å². The Balaban J connectivity index is 0.00000162. The van der Waals surface area contributed by atoms with E-state index in [0.29, 0.717) is 18.5 Å². The minimum absolute atomic E-state index is 0. The molecule has 2 atom stereocenters. The highest BCUT2D eigenvalue weighted by Crippen LogP contribution is 2.15. The van der Waals surface area contributed by atoms with Crippen LogP contribution in [0.25, 0.3) is 0 Å². The number of β-amino-alcohol motifs (C(OH)–C–C–N with tert-alkyl or cyclic N) is 1. The van der Waals surface area contributed by atoms with Crippen LogP contribution in [0.4, 0.5) is 0 Å². The maximum absolute atomic E-state index is 12.1. The lowest BCUT2D eigenvalue weighted by molar-refractivity contribution is -0.140. The van der Waals surface area contributed by atoms with Gasteiger partial charge in [-0.05, 0) is 13.8 Å². The van der Waals surface area contributed by atoms with Crippen LogP contribution in [0.1, 0.15) is 13.8 Å². The van der Waals surface area contributed by atoms with Crippen molar-refractivity contribution in [1.82, 2.24) is 15.1 Å². The number of nitrogens with zero attached hydrogens (tertiary/aromatic N) is 2. The van der Waals surface area contributed by atoms with Crippen molar-refractivity contribution in [3.05, 3.63) is 0 Å². The average molecular weight is 278 g/mol. The molecule has 0 saturated carbocycles. The van der Waals surface area contributed by atoms with Crippen molar-refractivity contribution < 1.29 is 9.90 Å². The van der Waals surface area contributed by atoms with Crippen molar-refractivity contribution >= 4 is 18.3 Å². The van der Waals surface area contributed by atoms with E-state index in [1.54, 1.807) is 0 Å². The molecule has 0 spiro atoms. The summed E-state index contributed by atoms with van der Waals surface area (Å²) in [5.41, 5.74) is 0. The first-order valence-corrected chi connectivity index (χ1v) is 6.49. The molecule has 2 saturated heterocycles. The van der Waals surface area contributed by atoms with Crippen LogP contribution in [0.5, 0.6) is 0 Å². The van der Waals surface area contributed by atoms with E-state index in [-0.39, 0.29) is 24.4 Å². The summed E-state index contributed by atoms with van der Waals surface area (Å²) in [5, 5.41) is 12.5. The maximum atomic E-state index is 12.1. The Hall–Kier alpha value is -0.360. The molecule has 2 aliphatic rings. The van der Waals surface area contributed by atoms with E-state index in [9.17, 15) is 9.90 Å². The van der Waals surface area contributed by atoms with E-state index in [4.69, 9.17) is 0 Å². The van der Waals surface area contributed by atoms with E-state index in [2.05, 4.69) is 17.1 Å². The lowest BCUT2D eigenvalue weighted by atomic mass is 10.0. The number of halogens is 1. The molecular weight excluding hydrogens is 254 g/mol. The molecule has 2 rings (SSSR count). The summed E-state index contributed by atoms with van der Waals surface area (Å²) in [4.78, 5) is 16.3. The van der Waals surface area contributed by atoms with Crippen molar-refractivity contribution in [1.29, 1.82) is 0 Å². The van der Waals surface area contributed by atoms with Gasteiger partial charge in [0, 0.05) is 45.3 Å². The normalized spacial score (nSPS) is 27.3. The SMILES string of the molecule is CC(O)CN1CCN(C(=O)C2CNC2)CC1C.Cl. The van der Waals surface area contributed by atoms with Crippen LogP contribution in [0.3, 0.4) is 0 Å². The van der Waals surface area contributed by atoms with Gasteiger partial charge in [-0.3, -0.25) is 9.69 Å². The van der Waals surface area contributed by atoms with Crippen molar-refractivity contribution in [3.8, 4) is 0 Å². The second-order valence-electron chi connectivity index (χ2n) is 5.33. The summed E-state index contributed by atoms with van der Waals surface area (Å²) in [6, 6.07) is 0.343. The average Bonchev–Trinajstić information content (AvgIpc) is 2.17. The largest absolute Gasteiger partial charge is 0.392 e. The first-order chi connectivity index (χ1) is 8.08. The molecular formula is C12H24ClN3O2. The van der Waals surface area contributed by atoms with Gasteiger partial charge in [0.1, 0.15) is 0 Å². The Labute approximate surface area is 115 Å². The standard InChI is InChI=1S/C12H23N3O2.ClH/c1-9-7-15(12(17)11-5-13-6-11)4-3-14(9)8-10(2)16;/h9-11,13,16H,3-8H2,1-2H3;1H. The van der Waals surface area contributed by atoms with Crippen LogP contribution in [0.15, 0.2) is 0 Å². The molecule has 0 aromatic rings. The number of aliphatic hydroxyl groups excluding tert-OH is 1. The van der Waals surface area contributed by atoms with Crippen molar-refractivity contribution in [3.63, 3.8) is 0 Å². The van der Waals surface area contributed by atoms with Gasteiger partial charge in [0.2, 0.25) is 5.91 Å². The number of hydrogen-bond donors (Lipinski definition) is 2. The second kappa shape index (κ2) is 6.70. The number of carbonyl (C=O) groups excluding carboxylic acids is 1. The van der Waals surface area contributed by atoms with E-state index in [0.717, 1.165) is 32.7 Å². The Bertz CT molecular complexity index is 284. The fraction of sp³-hybridized carbons (Fsp3) is 0.917. The molecule has 0 aliphatic carbocycles. The van der Waals surface area contributed by atoms with Crippen LogP contribution in [0.2, 0.25) is 0 Å². The highest BCUT2D eigenvalue weighted by Gasteiger charge is 2.33. The molecule has 6 heteroatoms. The number of amides is 1. The number of rotatable bonds is 3. The van der Waals surface area contributed by atoms with Gasteiger partial charge in [-0.25, -0.2) is 0 Å². The summed E-state index contributed by atoms with van der Waals surface area (Å²) in [6.07, 6.45) is -0.296. The molecule has 2 unspecified atom stereocenters. The van der Waals surface area contributed by atoms with Gasteiger partial charge >= 0.3 is 0 Å². The van der Waals surface area contributed by atoms with Crippen molar-refractivity contribution in [2.24, 2.45) is 5.92 Å². The molecule has 0 aromatic heterocycles. The summed E-state index contributed by atoms with van der Waals surface area (Å²) < 4.78 is 0. The third-order valence-electron chi connectivity index (χ3n) is 3.71. The van der Waals surface area contributed by atoms with Crippen LogP contribution in [-0.2, 0) is 4.79 Å². The van der Waals surface area contributed by atoms with Gasteiger partial charge in [0.05, 0.1) is 12.0 Å². The Morgan fingerprint density at radius 1 is 1.44 bits per heavy atom. The van der Waals surface area contributed by atoms with Crippen LogP contribution in [0, 0.1) is 5.92 Å². The first-order valence-electron chi connectivity index (χ1n) is 6.49. The molecule has 18 heavy (non-hydrogen) atoms. The summed E-state index contributed by atoms with van der Waals surface area (Å²) in [6.45, 7) is 8.77.